The molecular weight excluding hydrogens is 490 g/mol. The molecule has 2 aromatic carbocycles. The highest BCUT2D eigenvalue weighted by molar-refractivity contribution is 6.05. The van der Waals surface area contributed by atoms with E-state index in [2.05, 4.69) is 15.6 Å². The maximum absolute atomic E-state index is 13.2. The van der Waals surface area contributed by atoms with Crippen molar-refractivity contribution in [2.75, 3.05) is 13.2 Å². The van der Waals surface area contributed by atoms with Crippen LogP contribution in [-0.2, 0) is 4.79 Å². The first-order valence-corrected chi connectivity index (χ1v) is 12.3. The summed E-state index contributed by atoms with van der Waals surface area (Å²) in [6.07, 6.45) is -0.139. The maximum Gasteiger partial charge on any atom is 0.251 e. The van der Waals surface area contributed by atoms with Gasteiger partial charge in [0.15, 0.2) is 23.2 Å². The molecule has 0 spiro atoms. The van der Waals surface area contributed by atoms with Gasteiger partial charge in [-0.1, -0.05) is 44.2 Å². The Bertz CT molecular complexity index is 1330. The normalized spacial score (nSPS) is 14.0. The summed E-state index contributed by atoms with van der Waals surface area (Å²) in [4.78, 5) is 41.9. The standard InChI is InChI=1S/C28H31N3O7/c1-15(2)24(25(33)23-16(3)26(34)31-28(23)36)30-22(32)14-19(17-7-5-4-6-8-17)29-27(35)18-9-10-20-21(13-18)38-12-11-37-20/h4-10,13,15,19,24,31,34,36H,11-12,14H2,1-3H3,(H,29,35)(H,30,32)/t19-,24-/m0/s1. The summed E-state index contributed by atoms with van der Waals surface area (Å²) in [5, 5.41) is 25.6. The maximum atomic E-state index is 13.2. The molecule has 10 nitrogen and oxygen atoms in total. The molecule has 0 bridgehead atoms. The second-order valence-electron chi connectivity index (χ2n) is 9.47. The zero-order chi connectivity index (χ0) is 27.4. The van der Waals surface area contributed by atoms with Crippen LogP contribution in [0.5, 0.6) is 23.3 Å². The molecule has 1 aromatic heterocycles. The zero-order valence-corrected chi connectivity index (χ0v) is 21.4. The van der Waals surface area contributed by atoms with Crippen LogP contribution in [0.25, 0.3) is 0 Å². The number of H-pyrrole nitrogens is 1. The van der Waals surface area contributed by atoms with Crippen LogP contribution in [0.15, 0.2) is 48.5 Å². The largest absolute Gasteiger partial charge is 0.494 e. The summed E-state index contributed by atoms with van der Waals surface area (Å²) in [6, 6.07) is 12.3. The third-order valence-electron chi connectivity index (χ3n) is 6.42. The Morgan fingerprint density at radius 1 is 0.947 bits per heavy atom. The van der Waals surface area contributed by atoms with Crippen molar-refractivity contribution < 1.29 is 34.1 Å². The number of hydrogen-bond donors (Lipinski definition) is 5. The molecule has 4 rings (SSSR count). The summed E-state index contributed by atoms with van der Waals surface area (Å²) in [5.74, 6) is -1.45. The minimum Gasteiger partial charge on any atom is -0.494 e. The van der Waals surface area contributed by atoms with Crippen molar-refractivity contribution in [2.24, 2.45) is 5.92 Å². The third-order valence-corrected chi connectivity index (χ3v) is 6.42. The van der Waals surface area contributed by atoms with E-state index < -0.39 is 35.6 Å². The fraction of sp³-hybridized carbons (Fsp3) is 0.321. The molecule has 2 heterocycles. The summed E-state index contributed by atoms with van der Waals surface area (Å²) in [6.45, 7) is 5.85. The summed E-state index contributed by atoms with van der Waals surface area (Å²) in [7, 11) is 0. The number of fused-ring (bicyclic) bond motifs is 1. The lowest BCUT2D eigenvalue weighted by Crippen LogP contribution is -2.45. The van der Waals surface area contributed by atoms with Crippen molar-refractivity contribution in [1.82, 2.24) is 15.6 Å². The predicted molar refractivity (Wildman–Crippen MR) is 139 cm³/mol. The van der Waals surface area contributed by atoms with Crippen LogP contribution in [0.3, 0.4) is 0 Å². The van der Waals surface area contributed by atoms with Crippen LogP contribution < -0.4 is 20.1 Å². The van der Waals surface area contributed by atoms with Gasteiger partial charge in [0.25, 0.3) is 5.91 Å². The van der Waals surface area contributed by atoms with Crippen molar-refractivity contribution in [3.8, 4) is 23.3 Å². The molecule has 0 saturated carbocycles. The number of rotatable bonds is 9. The molecule has 0 fully saturated rings. The lowest BCUT2D eigenvalue weighted by atomic mass is 9.93. The number of aromatic amines is 1. The van der Waals surface area contributed by atoms with Crippen LogP contribution >= 0.6 is 0 Å². The lowest BCUT2D eigenvalue weighted by molar-refractivity contribution is -0.122. The van der Waals surface area contributed by atoms with Gasteiger partial charge >= 0.3 is 0 Å². The minimum atomic E-state index is -0.966. The number of amides is 2. The van der Waals surface area contributed by atoms with Gasteiger partial charge in [0.1, 0.15) is 13.2 Å². The van der Waals surface area contributed by atoms with Crippen molar-refractivity contribution in [1.29, 1.82) is 0 Å². The van der Waals surface area contributed by atoms with Crippen molar-refractivity contribution in [3.63, 3.8) is 0 Å². The molecule has 2 atom stereocenters. The monoisotopic (exact) mass is 521 g/mol. The number of Topliss-reactive ketones (excluding diaryl/α,β-unsaturated/α-hetero) is 1. The Balaban J connectivity index is 1.52. The molecule has 3 aromatic rings. The van der Waals surface area contributed by atoms with Gasteiger partial charge in [-0.2, -0.15) is 0 Å². The fourth-order valence-electron chi connectivity index (χ4n) is 4.34. The smallest absolute Gasteiger partial charge is 0.251 e. The zero-order valence-electron chi connectivity index (χ0n) is 21.4. The number of aromatic nitrogens is 1. The number of carbonyl (C=O) groups is 3. The molecule has 0 saturated heterocycles. The molecule has 0 unspecified atom stereocenters. The Morgan fingerprint density at radius 2 is 1.63 bits per heavy atom. The first-order valence-electron chi connectivity index (χ1n) is 12.3. The molecular formula is C28H31N3O7. The average molecular weight is 522 g/mol. The summed E-state index contributed by atoms with van der Waals surface area (Å²) >= 11 is 0. The van der Waals surface area contributed by atoms with Gasteiger partial charge in [-0.25, -0.2) is 0 Å². The number of nitrogens with one attached hydrogen (secondary N) is 3. The van der Waals surface area contributed by atoms with Crippen LogP contribution in [0.1, 0.15) is 58.2 Å². The first-order chi connectivity index (χ1) is 18.2. The molecule has 0 radical (unpaired) electrons. The van der Waals surface area contributed by atoms with Crippen molar-refractivity contribution >= 4 is 17.6 Å². The highest BCUT2D eigenvalue weighted by atomic mass is 16.6. The number of carbonyl (C=O) groups excluding carboxylic acids is 3. The number of ether oxygens (including phenoxy) is 2. The van der Waals surface area contributed by atoms with E-state index in [9.17, 15) is 24.6 Å². The predicted octanol–water partition coefficient (Wildman–Crippen LogP) is 3.39. The minimum absolute atomic E-state index is 0.0759. The summed E-state index contributed by atoms with van der Waals surface area (Å²) in [5.41, 5.74) is 1.18. The van der Waals surface area contributed by atoms with Gasteiger partial charge in [0.05, 0.1) is 24.1 Å². The van der Waals surface area contributed by atoms with Crippen molar-refractivity contribution in [3.05, 3.63) is 70.8 Å². The van der Waals surface area contributed by atoms with Crippen LogP contribution in [0, 0.1) is 12.8 Å². The molecule has 2 amide bonds. The van der Waals surface area contributed by atoms with Gasteiger partial charge < -0.3 is 30.3 Å². The Morgan fingerprint density at radius 3 is 2.26 bits per heavy atom. The van der Waals surface area contributed by atoms with Gasteiger partial charge in [-0.05, 0) is 36.6 Å². The molecule has 10 heteroatoms. The van der Waals surface area contributed by atoms with E-state index >= 15 is 0 Å². The molecule has 200 valence electrons. The van der Waals surface area contributed by atoms with Gasteiger partial charge in [-0.15, -0.1) is 0 Å². The Kier molecular flexibility index (Phi) is 7.90. The first kappa shape index (κ1) is 26.6. The number of benzene rings is 2. The van der Waals surface area contributed by atoms with Gasteiger partial charge in [0, 0.05) is 11.1 Å². The van der Waals surface area contributed by atoms with E-state index in [-0.39, 0.29) is 29.3 Å². The number of hydrogen-bond acceptors (Lipinski definition) is 7. The quantitative estimate of drug-likeness (QED) is 0.271. The third kappa shape index (κ3) is 5.74. The van der Waals surface area contributed by atoms with Crippen LogP contribution in [0.2, 0.25) is 0 Å². The molecule has 5 N–H and O–H groups in total. The van der Waals surface area contributed by atoms with E-state index in [4.69, 9.17) is 9.47 Å². The van der Waals surface area contributed by atoms with E-state index in [0.717, 1.165) is 0 Å². The highest BCUT2D eigenvalue weighted by Crippen LogP contribution is 2.32. The van der Waals surface area contributed by atoms with E-state index in [1.165, 1.54) is 6.92 Å². The number of ketones is 1. The van der Waals surface area contributed by atoms with E-state index in [0.29, 0.717) is 35.8 Å². The SMILES string of the molecule is Cc1c(O)[nH]c(O)c1C(=O)[C@@H](NC(=O)C[C@H](NC(=O)c1ccc2c(c1)OCCO2)c1ccccc1)C(C)C. The Hall–Kier alpha value is -4.47. The second kappa shape index (κ2) is 11.3. The second-order valence-corrected chi connectivity index (χ2v) is 9.47. The number of aromatic hydroxyl groups is 2. The molecule has 38 heavy (non-hydrogen) atoms. The van der Waals surface area contributed by atoms with E-state index in [1.807, 2.05) is 6.07 Å². The van der Waals surface area contributed by atoms with Gasteiger partial charge in [0.2, 0.25) is 11.8 Å². The van der Waals surface area contributed by atoms with Crippen LogP contribution in [0.4, 0.5) is 0 Å². The summed E-state index contributed by atoms with van der Waals surface area (Å²) < 4.78 is 11.1. The topological polar surface area (TPSA) is 150 Å². The van der Waals surface area contributed by atoms with Crippen molar-refractivity contribution in [2.45, 2.75) is 39.3 Å². The lowest BCUT2D eigenvalue weighted by Gasteiger charge is -2.24. The van der Waals surface area contributed by atoms with Gasteiger partial charge in [-0.3, -0.25) is 19.4 Å². The average Bonchev–Trinajstić information content (AvgIpc) is 3.17. The highest BCUT2D eigenvalue weighted by Gasteiger charge is 2.31. The Labute approximate surface area is 220 Å². The van der Waals surface area contributed by atoms with Crippen LogP contribution in [-0.4, -0.2) is 52.1 Å². The molecule has 1 aliphatic heterocycles. The van der Waals surface area contributed by atoms with E-state index in [1.54, 1.807) is 56.3 Å². The molecule has 0 aliphatic carbocycles. The molecule has 1 aliphatic rings. The fourth-order valence-corrected chi connectivity index (χ4v) is 4.34.